The molecule has 0 radical (unpaired) electrons. The minimum Gasteiger partial charge on any atom is -0.493 e. The van der Waals surface area contributed by atoms with Gasteiger partial charge in [-0.15, -0.1) is 0 Å². The van der Waals surface area contributed by atoms with E-state index in [9.17, 15) is 9.59 Å². The van der Waals surface area contributed by atoms with Gasteiger partial charge in [0.15, 0.2) is 18.1 Å². The van der Waals surface area contributed by atoms with Gasteiger partial charge in [0.05, 0.1) is 12.8 Å². The Balaban J connectivity index is 1.60. The van der Waals surface area contributed by atoms with Crippen molar-refractivity contribution in [2.45, 2.75) is 50.7 Å². The Morgan fingerprint density at radius 3 is 2.74 bits per heavy atom. The van der Waals surface area contributed by atoms with Crippen LogP contribution < -0.4 is 20.5 Å². The van der Waals surface area contributed by atoms with E-state index in [1.54, 1.807) is 18.2 Å². The lowest BCUT2D eigenvalue weighted by atomic mass is 9.95. The normalized spacial score (nSPS) is 19.7. The second-order valence-corrected chi connectivity index (χ2v) is 6.80. The lowest BCUT2D eigenvalue weighted by Crippen LogP contribution is -2.42. The fraction of sp³-hybridized carbons (Fsp3) is 0.526. The number of ether oxygens (including phenoxy) is 2. The first-order valence-electron chi connectivity index (χ1n) is 9.19. The van der Waals surface area contributed by atoms with Gasteiger partial charge in [-0.1, -0.05) is 24.4 Å². The monoisotopic (exact) mass is 375 g/mol. The first kappa shape index (κ1) is 19.0. The maximum Gasteiger partial charge on any atom is 0.264 e. The average molecular weight is 375 g/mol. The zero-order valence-electron chi connectivity index (χ0n) is 15.4. The van der Waals surface area contributed by atoms with Crippen molar-refractivity contribution in [1.82, 2.24) is 5.32 Å². The molecule has 1 fully saturated rings. The fourth-order valence-corrected chi connectivity index (χ4v) is 3.34. The second-order valence-electron chi connectivity index (χ2n) is 6.80. The molecule has 0 unspecified atom stereocenters. The summed E-state index contributed by atoms with van der Waals surface area (Å²) >= 11 is 0. The van der Waals surface area contributed by atoms with E-state index in [2.05, 4.69) is 10.5 Å². The Morgan fingerprint density at radius 2 is 2.04 bits per heavy atom. The molecule has 2 amide bonds. The molecule has 1 aromatic carbocycles. The van der Waals surface area contributed by atoms with Crippen molar-refractivity contribution in [1.29, 1.82) is 0 Å². The van der Waals surface area contributed by atoms with Crippen LogP contribution in [0.2, 0.25) is 0 Å². The number of amides is 2. The van der Waals surface area contributed by atoms with E-state index in [-0.39, 0.29) is 18.6 Å². The highest BCUT2D eigenvalue weighted by molar-refractivity contribution is 6.04. The smallest absolute Gasteiger partial charge is 0.264 e. The Hall–Kier alpha value is -2.77. The highest BCUT2D eigenvalue weighted by Crippen LogP contribution is 2.30. The molecule has 8 heteroatoms. The van der Waals surface area contributed by atoms with Gasteiger partial charge in [0.2, 0.25) is 6.10 Å². The number of oxime groups is 1. The minimum absolute atomic E-state index is 0.117. The SMILES string of the molecule is COc1cc(C2=NO[C@H](C(=O)NC3CCCCC3)C2)ccc1OCC(N)=O. The van der Waals surface area contributed by atoms with Crippen LogP contribution in [0.1, 0.15) is 44.1 Å². The molecule has 1 atom stereocenters. The Bertz CT molecular complexity index is 728. The molecule has 146 valence electrons. The largest absolute Gasteiger partial charge is 0.493 e. The number of nitrogens with one attached hydrogen (secondary N) is 1. The van der Waals surface area contributed by atoms with Gasteiger partial charge in [-0.05, 0) is 31.0 Å². The number of nitrogens with two attached hydrogens (primary N) is 1. The number of carbonyl (C=O) groups is 2. The molecule has 0 aromatic heterocycles. The highest BCUT2D eigenvalue weighted by Gasteiger charge is 2.30. The molecular formula is C19H25N3O5. The van der Waals surface area contributed by atoms with E-state index in [0.29, 0.717) is 23.6 Å². The van der Waals surface area contributed by atoms with Crippen molar-refractivity contribution in [3.63, 3.8) is 0 Å². The first-order chi connectivity index (χ1) is 13.1. The number of hydrogen-bond acceptors (Lipinski definition) is 6. The molecule has 3 N–H and O–H groups in total. The summed E-state index contributed by atoms with van der Waals surface area (Å²) in [5.74, 6) is 0.174. The maximum absolute atomic E-state index is 12.4. The van der Waals surface area contributed by atoms with Gasteiger partial charge in [0.25, 0.3) is 11.8 Å². The fourth-order valence-electron chi connectivity index (χ4n) is 3.34. The maximum atomic E-state index is 12.4. The minimum atomic E-state index is -0.612. The van der Waals surface area contributed by atoms with Crippen LogP contribution in [0, 0.1) is 0 Å². The number of carbonyl (C=O) groups excluding carboxylic acids is 2. The van der Waals surface area contributed by atoms with Crippen LogP contribution in [0.25, 0.3) is 0 Å². The molecule has 1 aromatic rings. The summed E-state index contributed by atoms with van der Waals surface area (Å²) in [6, 6.07) is 5.43. The van der Waals surface area contributed by atoms with Crippen molar-refractivity contribution in [3.8, 4) is 11.5 Å². The highest BCUT2D eigenvalue weighted by atomic mass is 16.6. The summed E-state index contributed by atoms with van der Waals surface area (Å²) < 4.78 is 10.6. The molecule has 27 heavy (non-hydrogen) atoms. The average Bonchev–Trinajstić information content (AvgIpc) is 3.17. The standard InChI is InChI=1S/C19H25N3O5/c1-25-16-9-12(7-8-15(16)26-11-18(20)23)14-10-17(27-22-14)19(24)21-13-5-3-2-4-6-13/h7-9,13,17H,2-6,10-11H2,1H3,(H2,20,23)(H,21,24)/t17-/m0/s1. The summed E-state index contributed by atoms with van der Waals surface area (Å²) in [4.78, 5) is 28.6. The number of methoxy groups -OCH3 is 1. The first-order valence-corrected chi connectivity index (χ1v) is 9.19. The van der Waals surface area contributed by atoms with Crippen LogP contribution in [0.5, 0.6) is 11.5 Å². The molecule has 1 aliphatic heterocycles. The number of rotatable bonds is 7. The molecule has 2 aliphatic rings. The lowest BCUT2D eigenvalue weighted by molar-refractivity contribution is -0.132. The molecule has 0 bridgehead atoms. The summed E-state index contributed by atoms with van der Waals surface area (Å²) in [5.41, 5.74) is 6.53. The third-order valence-electron chi connectivity index (χ3n) is 4.78. The van der Waals surface area contributed by atoms with Crippen molar-refractivity contribution < 1.29 is 23.9 Å². The van der Waals surface area contributed by atoms with Gasteiger partial charge < -0.3 is 25.4 Å². The zero-order chi connectivity index (χ0) is 19.2. The number of primary amides is 1. The van der Waals surface area contributed by atoms with E-state index >= 15 is 0 Å². The molecular weight excluding hydrogens is 350 g/mol. The van der Waals surface area contributed by atoms with Crippen LogP contribution in [-0.2, 0) is 14.4 Å². The lowest BCUT2D eigenvalue weighted by Gasteiger charge is -2.23. The van der Waals surface area contributed by atoms with Crippen molar-refractivity contribution in [2.24, 2.45) is 10.9 Å². The van der Waals surface area contributed by atoms with E-state index in [0.717, 1.165) is 31.2 Å². The number of benzene rings is 1. The van der Waals surface area contributed by atoms with Gasteiger partial charge in [-0.2, -0.15) is 0 Å². The topological polar surface area (TPSA) is 112 Å². The van der Waals surface area contributed by atoms with Crippen LogP contribution in [0.4, 0.5) is 0 Å². The van der Waals surface area contributed by atoms with E-state index in [1.165, 1.54) is 13.5 Å². The van der Waals surface area contributed by atoms with Crippen LogP contribution >= 0.6 is 0 Å². The number of nitrogens with zero attached hydrogens (tertiary/aromatic N) is 1. The Labute approximate surface area is 158 Å². The molecule has 3 rings (SSSR count). The van der Waals surface area contributed by atoms with Gasteiger partial charge in [-0.3, -0.25) is 9.59 Å². The summed E-state index contributed by atoms with van der Waals surface area (Å²) in [6.45, 7) is -0.233. The molecule has 0 spiro atoms. The quantitative estimate of drug-likeness (QED) is 0.750. The molecule has 8 nitrogen and oxygen atoms in total. The van der Waals surface area contributed by atoms with Gasteiger partial charge in [0, 0.05) is 18.0 Å². The van der Waals surface area contributed by atoms with E-state index < -0.39 is 12.0 Å². The summed E-state index contributed by atoms with van der Waals surface area (Å²) in [7, 11) is 1.50. The molecule has 0 saturated heterocycles. The third kappa shape index (κ3) is 4.90. The summed E-state index contributed by atoms with van der Waals surface area (Å²) in [6.07, 6.45) is 5.37. The van der Waals surface area contributed by atoms with E-state index in [1.807, 2.05) is 0 Å². The van der Waals surface area contributed by atoms with Crippen LogP contribution in [0.15, 0.2) is 23.4 Å². The van der Waals surface area contributed by atoms with Crippen molar-refractivity contribution in [3.05, 3.63) is 23.8 Å². The van der Waals surface area contributed by atoms with Gasteiger partial charge >= 0.3 is 0 Å². The third-order valence-corrected chi connectivity index (χ3v) is 4.78. The Kier molecular flexibility index (Phi) is 6.16. The summed E-state index contributed by atoms with van der Waals surface area (Å²) in [5, 5.41) is 7.13. The van der Waals surface area contributed by atoms with Gasteiger partial charge in [-0.25, -0.2) is 0 Å². The van der Waals surface area contributed by atoms with Crippen LogP contribution in [-0.4, -0.2) is 43.4 Å². The predicted octanol–water partition coefficient (Wildman–Crippen LogP) is 1.50. The Morgan fingerprint density at radius 1 is 1.26 bits per heavy atom. The van der Waals surface area contributed by atoms with Crippen LogP contribution in [0.3, 0.4) is 0 Å². The van der Waals surface area contributed by atoms with Gasteiger partial charge in [0.1, 0.15) is 0 Å². The zero-order valence-corrected chi connectivity index (χ0v) is 15.4. The molecule has 1 aliphatic carbocycles. The second kappa shape index (κ2) is 8.75. The molecule has 1 saturated carbocycles. The molecule has 1 heterocycles. The van der Waals surface area contributed by atoms with Crippen molar-refractivity contribution in [2.75, 3.05) is 13.7 Å². The van der Waals surface area contributed by atoms with E-state index in [4.69, 9.17) is 20.0 Å². The van der Waals surface area contributed by atoms with Crippen molar-refractivity contribution >= 4 is 17.5 Å². The number of hydrogen-bond donors (Lipinski definition) is 2. The predicted molar refractivity (Wildman–Crippen MR) is 98.7 cm³/mol.